The number of hydrogen-bond donors (Lipinski definition) is 1. The summed E-state index contributed by atoms with van der Waals surface area (Å²) in [5, 5.41) is 5.20. The fraction of sp³-hybridized carbons (Fsp3) is 0.368. The minimum absolute atomic E-state index is 0.101. The number of nitrogens with one attached hydrogen (secondary N) is 1. The highest BCUT2D eigenvalue weighted by Gasteiger charge is 2.30. The minimum Gasteiger partial charge on any atom is -0.462 e. The first kappa shape index (κ1) is 17.6. The summed E-state index contributed by atoms with van der Waals surface area (Å²) in [7, 11) is 0. The van der Waals surface area contributed by atoms with Gasteiger partial charge in [0.15, 0.2) is 0 Å². The third-order valence-electron chi connectivity index (χ3n) is 4.05. The highest BCUT2D eigenvalue weighted by molar-refractivity contribution is 7.14. The Morgan fingerprint density at radius 3 is 2.68 bits per heavy atom. The van der Waals surface area contributed by atoms with Gasteiger partial charge < -0.3 is 10.1 Å². The van der Waals surface area contributed by atoms with Crippen LogP contribution in [0.5, 0.6) is 0 Å². The number of thiophene rings is 1. The third kappa shape index (κ3) is 4.90. The number of amides is 1. The van der Waals surface area contributed by atoms with Gasteiger partial charge in [0.25, 0.3) is 0 Å². The lowest BCUT2D eigenvalue weighted by Crippen LogP contribution is -2.34. The Bertz CT molecular complexity index is 725. The van der Waals surface area contributed by atoms with Gasteiger partial charge in [0.05, 0.1) is 18.7 Å². The molecule has 1 amide bonds. The van der Waals surface area contributed by atoms with Crippen molar-refractivity contribution < 1.29 is 14.3 Å². The number of benzene rings is 1. The average Bonchev–Trinajstić information content (AvgIpc) is 3.35. The molecule has 1 heterocycles. The van der Waals surface area contributed by atoms with Gasteiger partial charge in [0.1, 0.15) is 5.00 Å². The molecule has 0 aliphatic heterocycles. The zero-order chi connectivity index (χ0) is 17.6. The second-order valence-corrected chi connectivity index (χ2v) is 6.97. The molecule has 0 radical (unpaired) electrons. The minimum atomic E-state index is -0.401. The van der Waals surface area contributed by atoms with Gasteiger partial charge in [-0.3, -0.25) is 9.69 Å². The van der Waals surface area contributed by atoms with Crippen LogP contribution in [-0.4, -0.2) is 36.0 Å². The summed E-state index contributed by atoms with van der Waals surface area (Å²) in [5.41, 5.74) is 1.62. The zero-order valence-corrected chi connectivity index (χ0v) is 15.1. The van der Waals surface area contributed by atoms with E-state index < -0.39 is 5.97 Å². The molecule has 1 aromatic carbocycles. The molecular formula is C19H22N2O3S. The Morgan fingerprint density at radius 1 is 1.24 bits per heavy atom. The van der Waals surface area contributed by atoms with Gasteiger partial charge >= 0.3 is 5.97 Å². The van der Waals surface area contributed by atoms with Gasteiger partial charge in [0.2, 0.25) is 5.91 Å². The van der Waals surface area contributed by atoms with E-state index in [0.717, 1.165) is 19.4 Å². The van der Waals surface area contributed by atoms with Crippen molar-refractivity contribution in [2.45, 2.75) is 32.4 Å². The zero-order valence-electron chi connectivity index (χ0n) is 14.2. The van der Waals surface area contributed by atoms with Crippen molar-refractivity contribution in [2.75, 3.05) is 18.5 Å². The van der Waals surface area contributed by atoms with Crippen molar-refractivity contribution in [1.82, 2.24) is 4.90 Å². The molecule has 1 N–H and O–H groups in total. The lowest BCUT2D eigenvalue weighted by atomic mass is 10.2. The summed E-state index contributed by atoms with van der Waals surface area (Å²) in [6, 6.07) is 12.3. The van der Waals surface area contributed by atoms with E-state index in [1.54, 1.807) is 18.4 Å². The van der Waals surface area contributed by atoms with E-state index in [1.165, 1.54) is 16.9 Å². The number of rotatable bonds is 8. The molecular weight excluding hydrogens is 336 g/mol. The Kier molecular flexibility index (Phi) is 5.83. The molecule has 0 atom stereocenters. The van der Waals surface area contributed by atoms with E-state index in [1.807, 2.05) is 18.2 Å². The van der Waals surface area contributed by atoms with Crippen molar-refractivity contribution in [3.63, 3.8) is 0 Å². The van der Waals surface area contributed by atoms with E-state index in [2.05, 4.69) is 22.3 Å². The van der Waals surface area contributed by atoms with Gasteiger partial charge in [-0.15, -0.1) is 11.3 Å². The van der Waals surface area contributed by atoms with Gasteiger partial charge in [0, 0.05) is 12.6 Å². The number of anilines is 1. The van der Waals surface area contributed by atoms with Crippen LogP contribution in [0.15, 0.2) is 41.8 Å². The monoisotopic (exact) mass is 358 g/mol. The summed E-state index contributed by atoms with van der Waals surface area (Å²) < 4.78 is 5.02. The molecule has 132 valence electrons. The summed E-state index contributed by atoms with van der Waals surface area (Å²) in [5.74, 6) is -0.502. The van der Waals surface area contributed by atoms with Crippen LogP contribution in [0.1, 0.15) is 35.7 Å². The van der Waals surface area contributed by atoms with Crippen molar-refractivity contribution in [1.29, 1.82) is 0 Å². The number of hydrogen-bond acceptors (Lipinski definition) is 5. The molecule has 0 spiro atoms. The molecule has 6 heteroatoms. The fourth-order valence-electron chi connectivity index (χ4n) is 2.70. The van der Waals surface area contributed by atoms with Crippen LogP contribution >= 0.6 is 11.3 Å². The molecule has 3 rings (SSSR count). The van der Waals surface area contributed by atoms with Crippen LogP contribution in [0.25, 0.3) is 0 Å². The predicted molar refractivity (Wildman–Crippen MR) is 98.8 cm³/mol. The molecule has 0 unspecified atom stereocenters. The van der Waals surface area contributed by atoms with Crippen molar-refractivity contribution >= 4 is 28.2 Å². The molecule has 25 heavy (non-hydrogen) atoms. The third-order valence-corrected chi connectivity index (χ3v) is 4.88. The van der Waals surface area contributed by atoms with Gasteiger partial charge in [-0.25, -0.2) is 4.79 Å². The number of carbonyl (C=O) groups is 2. The van der Waals surface area contributed by atoms with Crippen LogP contribution in [0.4, 0.5) is 5.00 Å². The number of ether oxygens (including phenoxy) is 1. The molecule has 1 aliphatic rings. The Labute approximate surface area is 151 Å². The van der Waals surface area contributed by atoms with Crippen molar-refractivity contribution in [2.24, 2.45) is 0 Å². The maximum atomic E-state index is 12.5. The first-order chi connectivity index (χ1) is 12.2. The van der Waals surface area contributed by atoms with Crippen molar-refractivity contribution in [3.05, 3.63) is 52.9 Å². The molecule has 1 fully saturated rings. The quantitative estimate of drug-likeness (QED) is 0.734. The number of nitrogens with zero attached hydrogens (tertiary/aromatic N) is 1. The first-order valence-corrected chi connectivity index (χ1v) is 9.37. The van der Waals surface area contributed by atoms with Crippen LogP contribution in [0, 0.1) is 0 Å². The SMILES string of the molecule is CCOC(=O)c1ccsc1NC(=O)CN(Cc1ccccc1)C1CC1. The highest BCUT2D eigenvalue weighted by Crippen LogP contribution is 2.29. The lowest BCUT2D eigenvalue weighted by molar-refractivity contribution is -0.117. The molecule has 0 bridgehead atoms. The van der Waals surface area contributed by atoms with Gasteiger partial charge in [-0.1, -0.05) is 30.3 Å². The standard InChI is InChI=1S/C19H22N2O3S/c1-2-24-19(23)16-10-11-25-18(16)20-17(22)13-21(15-8-9-15)12-14-6-4-3-5-7-14/h3-7,10-11,15H,2,8-9,12-13H2,1H3,(H,20,22). The molecule has 1 aliphatic carbocycles. The maximum absolute atomic E-state index is 12.5. The lowest BCUT2D eigenvalue weighted by Gasteiger charge is -2.21. The van der Waals surface area contributed by atoms with Gasteiger partial charge in [-0.05, 0) is 36.8 Å². The van der Waals surface area contributed by atoms with Crippen LogP contribution in [-0.2, 0) is 16.1 Å². The summed E-state index contributed by atoms with van der Waals surface area (Å²) in [6.07, 6.45) is 2.26. The average molecular weight is 358 g/mol. The normalized spacial score (nSPS) is 13.7. The topological polar surface area (TPSA) is 58.6 Å². The van der Waals surface area contributed by atoms with E-state index in [4.69, 9.17) is 4.74 Å². The second kappa shape index (κ2) is 8.27. The maximum Gasteiger partial charge on any atom is 0.341 e. The Hall–Kier alpha value is -2.18. The predicted octanol–water partition coefficient (Wildman–Crippen LogP) is 3.53. The fourth-order valence-corrected chi connectivity index (χ4v) is 3.49. The Morgan fingerprint density at radius 2 is 2.00 bits per heavy atom. The summed E-state index contributed by atoms with van der Waals surface area (Å²) >= 11 is 1.34. The molecule has 0 saturated heterocycles. The van der Waals surface area contributed by atoms with Gasteiger partial charge in [-0.2, -0.15) is 0 Å². The van der Waals surface area contributed by atoms with E-state index in [0.29, 0.717) is 29.8 Å². The number of esters is 1. The van der Waals surface area contributed by atoms with E-state index >= 15 is 0 Å². The summed E-state index contributed by atoms with van der Waals surface area (Å²) in [6.45, 7) is 3.15. The molecule has 2 aromatic rings. The Balaban J connectivity index is 1.61. The smallest absolute Gasteiger partial charge is 0.341 e. The van der Waals surface area contributed by atoms with E-state index in [9.17, 15) is 9.59 Å². The van der Waals surface area contributed by atoms with Crippen LogP contribution in [0.3, 0.4) is 0 Å². The first-order valence-electron chi connectivity index (χ1n) is 8.49. The summed E-state index contributed by atoms with van der Waals surface area (Å²) in [4.78, 5) is 26.6. The highest BCUT2D eigenvalue weighted by atomic mass is 32.1. The van der Waals surface area contributed by atoms with E-state index in [-0.39, 0.29) is 5.91 Å². The largest absolute Gasteiger partial charge is 0.462 e. The van der Waals surface area contributed by atoms with Crippen LogP contribution in [0.2, 0.25) is 0 Å². The second-order valence-electron chi connectivity index (χ2n) is 6.05. The number of carbonyl (C=O) groups excluding carboxylic acids is 2. The molecule has 5 nitrogen and oxygen atoms in total. The molecule has 1 saturated carbocycles. The van der Waals surface area contributed by atoms with Crippen LogP contribution < -0.4 is 5.32 Å². The van der Waals surface area contributed by atoms with Crippen molar-refractivity contribution in [3.8, 4) is 0 Å². The molecule has 1 aromatic heterocycles.